The van der Waals surface area contributed by atoms with Gasteiger partial charge in [-0.25, -0.2) is 0 Å². The minimum Gasteiger partial charge on any atom is -0.376 e. The van der Waals surface area contributed by atoms with Crippen molar-refractivity contribution in [2.24, 2.45) is 11.8 Å². The van der Waals surface area contributed by atoms with Crippen molar-refractivity contribution < 1.29 is 9.53 Å². The first-order valence-electron chi connectivity index (χ1n) is 9.36. The quantitative estimate of drug-likeness (QED) is 0.849. The number of fused-ring (bicyclic) bond motifs is 1. The maximum atomic E-state index is 12.6. The number of rotatable bonds is 4. The van der Waals surface area contributed by atoms with Gasteiger partial charge in [-0.1, -0.05) is 29.8 Å². The van der Waals surface area contributed by atoms with Crippen LogP contribution >= 0.6 is 0 Å². The Hall–Kier alpha value is -1.39. The average Bonchev–Trinajstić information content (AvgIpc) is 3.28. The third kappa shape index (κ3) is 3.35. The van der Waals surface area contributed by atoms with Gasteiger partial charge in [0.05, 0.1) is 19.1 Å². The van der Waals surface area contributed by atoms with Crippen LogP contribution in [-0.2, 0) is 16.0 Å². The number of hydrogen-bond donors (Lipinski definition) is 0. The molecule has 1 aromatic carbocycles. The van der Waals surface area contributed by atoms with E-state index in [0.29, 0.717) is 18.3 Å². The summed E-state index contributed by atoms with van der Waals surface area (Å²) in [5.41, 5.74) is 2.34. The Balaban J connectivity index is 1.33. The van der Waals surface area contributed by atoms with Gasteiger partial charge >= 0.3 is 0 Å². The molecule has 3 aliphatic rings. The zero-order chi connectivity index (χ0) is 16.5. The van der Waals surface area contributed by atoms with Crippen molar-refractivity contribution in [2.75, 3.05) is 39.3 Å². The molecule has 3 atom stereocenters. The van der Waals surface area contributed by atoms with E-state index in [1.165, 1.54) is 31.5 Å². The maximum Gasteiger partial charge on any atom is 0.227 e. The van der Waals surface area contributed by atoms with Crippen LogP contribution in [0.5, 0.6) is 0 Å². The second-order valence-corrected chi connectivity index (χ2v) is 7.76. The molecule has 0 unspecified atom stereocenters. The highest BCUT2D eigenvalue weighted by Gasteiger charge is 2.45. The van der Waals surface area contributed by atoms with Crippen LogP contribution in [0.25, 0.3) is 0 Å². The lowest BCUT2D eigenvalue weighted by Gasteiger charge is -2.24. The van der Waals surface area contributed by atoms with Crippen LogP contribution in [0.3, 0.4) is 0 Å². The van der Waals surface area contributed by atoms with E-state index in [1.54, 1.807) is 0 Å². The maximum absolute atomic E-state index is 12.6. The molecule has 4 nitrogen and oxygen atoms in total. The molecule has 1 amide bonds. The first-order chi connectivity index (χ1) is 11.7. The molecule has 3 aliphatic heterocycles. The fraction of sp³-hybridized carbons (Fsp3) is 0.650. The van der Waals surface area contributed by atoms with Crippen molar-refractivity contribution in [1.29, 1.82) is 0 Å². The SMILES string of the molecule is Cc1ccc(CC(=O)N2C[C@@H]3[C@H](CN4CCCC4)CO[C@@H]3C2)cc1. The van der Waals surface area contributed by atoms with Crippen LogP contribution in [-0.4, -0.2) is 61.1 Å². The summed E-state index contributed by atoms with van der Waals surface area (Å²) in [5, 5.41) is 0. The van der Waals surface area contributed by atoms with Crippen LogP contribution in [0.2, 0.25) is 0 Å². The molecule has 130 valence electrons. The smallest absolute Gasteiger partial charge is 0.227 e. The molecule has 0 bridgehead atoms. The minimum atomic E-state index is 0.247. The lowest BCUT2D eigenvalue weighted by molar-refractivity contribution is -0.130. The Labute approximate surface area is 144 Å². The molecular formula is C20H28N2O2. The number of carbonyl (C=O) groups excluding carboxylic acids is 1. The molecule has 3 heterocycles. The van der Waals surface area contributed by atoms with Crippen LogP contribution in [0, 0.1) is 18.8 Å². The van der Waals surface area contributed by atoms with Gasteiger partial charge in [0.25, 0.3) is 0 Å². The monoisotopic (exact) mass is 328 g/mol. The molecule has 3 fully saturated rings. The molecule has 0 aliphatic carbocycles. The number of benzene rings is 1. The average molecular weight is 328 g/mol. The highest BCUT2D eigenvalue weighted by Crippen LogP contribution is 2.34. The lowest BCUT2D eigenvalue weighted by atomic mass is 9.93. The number of carbonyl (C=O) groups is 1. The highest BCUT2D eigenvalue weighted by molar-refractivity contribution is 5.79. The Morgan fingerprint density at radius 3 is 2.67 bits per heavy atom. The first kappa shape index (κ1) is 16.1. The third-order valence-electron chi connectivity index (χ3n) is 5.96. The van der Waals surface area contributed by atoms with Crippen molar-refractivity contribution >= 4 is 5.91 Å². The third-order valence-corrected chi connectivity index (χ3v) is 5.96. The van der Waals surface area contributed by atoms with Crippen LogP contribution < -0.4 is 0 Å². The molecule has 24 heavy (non-hydrogen) atoms. The second-order valence-electron chi connectivity index (χ2n) is 7.76. The number of ether oxygens (including phenoxy) is 1. The van der Waals surface area contributed by atoms with Crippen molar-refractivity contribution in [3.63, 3.8) is 0 Å². The summed E-state index contributed by atoms with van der Waals surface area (Å²) in [6.07, 6.45) is 3.45. The van der Waals surface area contributed by atoms with Gasteiger partial charge in [0, 0.05) is 31.5 Å². The molecule has 0 aromatic heterocycles. The second kappa shape index (κ2) is 6.85. The fourth-order valence-electron chi connectivity index (χ4n) is 4.48. The lowest BCUT2D eigenvalue weighted by Crippen LogP contribution is -2.35. The summed E-state index contributed by atoms with van der Waals surface area (Å²) < 4.78 is 6.03. The molecule has 0 spiro atoms. The van der Waals surface area contributed by atoms with Crippen molar-refractivity contribution in [3.8, 4) is 0 Å². The van der Waals surface area contributed by atoms with Gasteiger partial charge < -0.3 is 14.5 Å². The fourth-order valence-corrected chi connectivity index (χ4v) is 4.48. The van der Waals surface area contributed by atoms with Gasteiger partial charge in [-0.3, -0.25) is 4.79 Å². The zero-order valence-corrected chi connectivity index (χ0v) is 14.6. The number of aryl methyl sites for hydroxylation is 1. The minimum absolute atomic E-state index is 0.247. The number of nitrogens with zero attached hydrogens (tertiary/aromatic N) is 2. The van der Waals surface area contributed by atoms with Crippen LogP contribution in [0.1, 0.15) is 24.0 Å². The van der Waals surface area contributed by atoms with Gasteiger partial charge in [-0.05, 0) is 38.4 Å². The molecule has 4 heteroatoms. The predicted molar refractivity (Wildman–Crippen MR) is 93.9 cm³/mol. The number of hydrogen-bond acceptors (Lipinski definition) is 3. The van der Waals surface area contributed by atoms with E-state index in [2.05, 4.69) is 36.1 Å². The van der Waals surface area contributed by atoms with E-state index in [9.17, 15) is 4.79 Å². The standard InChI is InChI=1S/C20H28N2O2/c1-15-4-6-16(7-5-15)10-20(23)22-12-18-17(14-24-19(18)13-22)11-21-8-2-3-9-21/h4-7,17-19H,2-3,8-14H2,1H3/t17-,18-,19-/m1/s1. The Morgan fingerprint density at radius 2 is 1.92 bits per heavy atom. The summed E-state index contributed by atoms with van der Waals surface area (Å²) in [7, 11) is 0. The summed E-state index contributed by atoms with van der Waals surface area (Å²) >= 11 is 0. The van der Waals surface area contributed by atoms with Gasteiger partial charge in [0.15, 0.2) is 0 Å². The van der Waals surface area contributed by atoms with Crippen LogP contribution in [0.15, 0.2) is 24.3 Å². The molecule has 0 N–H and O–H groups in total. The van der Waals surface area contributed by atoms with Crippen molar-refractivity contribution in [2.45, 2.75) is 32.3 Å². The van der Waals surface area contributed by atoms with E-state index < -0.39 is 0 Å². The zero-order valence-electron chi connectivity index (χ0n) is 14.6. The van der Waals surface area contributed by atoms with Crippen molar-refractivity contribution in [1.82, 2.24) is 9.80 Å². The summed E-state index contributed by atoms with van der Waals surface area (Å²) in [6, 6.07) is 8.29. The van der Waals surface area contributed by atoms with Gasteiger partial charge in [-0.15, -0.1) is 0 Å². The van der Waals surface area contributed by atoms with E-state index in [-0.39, 0.29) is 12.0 Å². The number of likely N-dealkylation sites (tertiary alicyclic amines) is 2. The van der Waals surface area contributed by atoms with E-state index in [4.69, 9.17) is 4.74 Å². The Bertz CT molecular complexity index is 580. The van der Waals surface area contributed by atoms with Crippen molar-refractivity contribution in [3.05, 3.63) is 35.4 Å². The number of amides is 1. The molecule has 0 saturated carbocycles. The summed E-state index contributed by atoms with van der Waals surface area (Å²) in [4.78, 5) is 17.3. The normalized spacial score (nSPS) is 30.0. The van der Waals surface area contributed by atoms with Gasteiger partial charge in [-0.2, -0.15) is 0 Å². The molecule has 0 radical (unpaired) electrons. The summed E-state index contributed by atoms with van der Waals surface area (Å²) in [6.45, 7) is 8.26. The van der Waals surface area contributed by atoms with Gasteiger partial charge in [0.1, 0.15) is 0 Å². The topological polar surface area (TPSA) is 32.8 Å². The molecule has 1 aromatic rings. The Morgan fingerprint density at radius 1 is 1.17 bits per heavy atom. The highest BCUT2D eigenvalue weighted by atomic mass is 16.5. The molecular weight excluding hydrogens is 300 g/mol. The van der Waals surface area contributed by atoms with E-state index in [1.807, 2.05) is 4.90 Å². The molecule has 3 saturated heterocycles. The largest absolute Gasteiger partial charge is 0.376 e. The van der Waals surface area contributed by atoms with Gasteiger partial charge in [0.2, 0.25) is 5.91 Å². The Kier molecular flexibility index (Phi) is 4.59. The summed E-state index contributed by atoms with van der Waals surface area (Å²) in [5.74, 6) is 1.38. The van der Waals surface area contributed by atoms with Crippen LogP contribution in [0.4, 0.5) is 0 Å². The van der Waals surface area contributed by atoms with E-state index in [0.717, 1.165) is 31.8 Å². The predicted octanol–water partition coefficient (Wildman–Crippen LogP) is 2.11. The molecule has 4 rings (SSSR count). The first-order valence-corrected chi connectivity index (χ1v) is 9.36. The van der Waals surface area contributed by atoms with E-state index >= 15 is 0 Å².